The minimum atomic E-state index is -1.08. The van der Waals surface area contributed by atoms with E-state index in [-0.39, 0.29) is 54.5 Å². The molecule has 0 radical (unpaired) electrons. The molecule has 0 aromatic heterocycles. The quantitative estimate of drug-likeness (QED) is 0.119. The van der Waals surface area contributed by atoms with E-state index in [0.29, 0.717) is 52.6 Å². The minimum absolute atomic E-state index is 0.0106. The molecule has 1 saturated heterocycles. The summed E-state index contributed by atoms with van der Waals surface area (Å²) in [6.07, 6.45) is 1.92. The molecule has 2 aliphatic heterocycles. The van der Waals surface area contributed by atoms with Crippen molar-refractivity contribution in [1.29, 1.82) is 0 Å². The lowest BCUT2D eigenvalue weighted by molar-refractivity contribution is -0.136. The highest BCUT2D eigenvalue weighted by Crippen LogP contribution is 2.44. The lowest BCUT2D eigenvalue weighted by atomic mass is 9.98. The summed E-state index contributed by atoms with van der Waals surface area (Å²) >= 11 is 0. The van der Waals surface area contributed by atoms with Crippen LogP contribution in [0.1, 0.15) is 76.3 Å². The third-order valence-corrected chi connectivity index (χ3v) is 9.54. The average molecular weight is 741 g/mol. The molecular weight excluding hydrogens is 696 g/mol. The number of hydrogen-bond acceptors (Lipinski definition) is 10. The molecule has 284 valence electrons. The number of anilines is 1. The molecule has 0 spiro atoms. The SMILES string of the molecule is O=C1CCC(N2C(=O)c3cccc(NC(=O)CCCCCOCCOCCOCCNC(=O)OCC4c5ccccc5-c5ccccc54)c3C2=O)C(=O)N1. The van der Waals surface area contributed by atoms with Crippen molar-refractivity contribution >= 4 is 41.3 Å². The summed E-state index contributed by atoms with van der Waals surface area (Å²) < 4.78 is 22.2. The molecule has 3 aromatic carbocycles. The molecule has 14 heteroatoms. The Hall–Kier alpha value is -5.44. The summed E-state index contributed by atoms with van der Waals surface area (Å²) in [4.78, 5) is 75.8. The number of alkyl carbamates (subject to hydrolysis) is 1. The molecule has 1 aliphatic carbocycles. The van der Waals surface area contributed by atoms with Gasteiger partial charge in [-0.05, 0) is 53.6 Å². The Kier molecular flexibility index (Phi) is 13.2. The van der Waals surface area contributed by atoms with Crippen LogP contribution >= 0.6 is 0 Å². The van der Waals surface area contributed by atoms with Gasteiger partial charge in [-0.25, -0.2) is 4.79 Å². The number of benzene rings is 3. The van der Waals surface area contributed by atoms with Crippen LogP contribution in [0.5, 0.6) is 0 Å². The molecule has 2 heterocycles. The van der Waals surface area contributed by atoms with Crippen molar-refractivity contribution in [2.45, 2.75) is 50.5 Å². The Morgan fingerprint density at radius 1 is 0.722 bits per heavy atom. The first kappa shape index (κ1) is 38.3. The Morgan fingerprint density at radius 2 is 1.37 bits per heavy atom. The van der Waals surface area contributed by atoms with Crippen LogP contribution in [0.2, 0.25) is 0 Å². The standard InChI is InChI=1S/C40H44N4O10/c45-34(42-32-14-8-13-30-36(32)39(49)44(38(30)48)33-16-17-35(46)43-37(33)47)15-2-1-7-19-51-21-23-53-24-22-52-20-18-41-40(50)54-25-31-28-11-5-3-9-26(28)27-10-4-6-12-29(27)31/h3-6,8-14,31,33H,1-2,7,15-25H2,(H,41,50)(H,42,45)(H,43,46,47). The molecule has 0 saturated carbocycles. The summed E-state index contributed by atoms with van der Waals surface area (Å²) in [7, 11) is 0. The fraction of sp³-hybridized carbons (Fsp3) is 0.400. The second-order valence-electron chi connectivity index (χ2n) is 13.1. The van der Waals surface area contributed by atoms with E-state index in [9.17, 15) is 28.8 Å². The number of ether oxygens (including phenoxy) is 4. The van der Waals surface area contributed by atoms with Crippen LogP contribution in [0.25, 0.3) is 11.1 Å². The zero-order chi connectivity index (χ0) is 37.9. The van der Waals surface area contributed by atoms with E-state index in [4.69, 9.17) is 18.9 Å². The topological polar surface area (TPSA) is 179 Å². The van der Waals surface area contributed by atoms with Gasteiger partial charge in [-0.15, -0.1) is 0 Å². The molecule has 3 aromatic rings. The minimum Gasteiger partial charge on any atom is -0.449 e. The number of nitrogens with zero attached hydrogens (tertiary/aromatic N) is 1. The molecule has 6 amide bonds. The number of hydrogen-bond donors (Lipinski definition) is 3. The third-order valence-electron chi connectivity index (χ3n) is 9.54. The number of nitrogens with one attached hydrogen (secondary N) is 3. The second-order valence-corrected chi connectivity index (χ2v) is 13.1. The zero-order valence-electron chi connectivity index (χ0n) is 29.9. The van der Waals surface area contributed by atoms with E-state index < -0.39 is 35.8 Å². The van der Waals surface area contributed by atoms with E-state index in [2.05, 4.69) is 40.2 Å². The van der Waals surface area contributed by atoms with E-state index in [1.54, 1.807) is 12.1 Å². The molecular formula is C40H44N4O10. The number of amides is 6. The third kappa shape index (κ3) is 9.19. The Balaban J connectivity index is 0.756. The Morgan fingerprint density at radius 3 is 2.07 bits per heavy atom. The van der Waals surface area contributed by atoms with Gasteiger partial charge in [0.1, 0.15) is 12.6 Å². The van der Waals surface area contributed by atoms with Crippen molar-refractivity contribution < 1.29 is 47.7 Å². The summed E-state index contributed by atoms with van der Waals surface area (Å²) in [5.74, 6) is -2.73. The van der Waals surface area contributed by atoms with Crippen LogP contribution < -0.4 is 16.0 Å². The molecule has 6 rings (SSSR count). The van der Waals surface area contributed by atoms with Crippen molar-refractivity contribution in [2.24, 2.45) is 0 Å². The fourth-order valence-electron chi connectivity index (χ4n) is 6.91. The summed E-state index contributed by atoms with van der Waals surface area (Å²) in [5.41, 5.74) is 5.06. The van der Waals surface area contributed by atoms with E-state index in [0.717, 1.165) is 28.9 Å². The molecule has 1 unspecified atom stereocenters. The van der Waals surface area contributed by atoms with Gasteiger partial charge in [-0.3, -0.25) is 34.2 Å². The highest BCUT2D eigenvalue weighted by atomic mass is 16.6. The van der Waals surface area contributed by atoms with E-state index in [1.165, 1.54) is 17.2 Å². The zero-order valence-corrected chi connectivity index (χ0v) is 29.9. The van der Waals surface area contributed by atoms with Gasteiger partial charge in [0.05, 0.1) is 49.8 Å². The number of imide groups is 2. The molecule has 14 nitrogen and oxygen atoms in total. The van der Waals surface area contributed by atoms with Gasteiger partial charge in [-0.1, -0.05) is 61.0 Å². The number of piperidine rings is 1. The van der Waals surface area contributed by atoms with Crippen LogP contribution in [0, 0.1) is 0 Å². The fourth-order valence-corrected chi connectivity index (χ4v) is 6.91. The molecule has 3 aliphatic rings. The van der Waals surface area contributed by atoms with Crippen LogP contribution in [-0.2, 0) is 33.3 Å². The monoisotopic (exact) mass is 740 g/mol. The lowest BCUT2D eigenvalue weighted by Gasteiger charge is -2.27. The number of carbonyl (C=O) groups excluding carboxylic acids is 6. The summed E-state index contributed by atoms with van der Waals surface area (Å²) in [6, 6.07) is 19.9. The van der Waals surface area contributed by atoms with E-state index in [1.807, 2.05) is 24.3 Å². The first-order valence-corrected chi connectivity index (χ1v) is 18.3. The van der Waals surface area contributed by atoms with Crippen molar-refractivity contribution in [3.8, 4) is 11.1 Å². The highest BCUT2D eigenvalue weighted by Gasteiger charge is 2.45. The first-order valence-electron chi connectivity index (χ1n) is 18.3. The van der Waals surface area contributed by atoms with Crippen molar-refractivity contribution in [3.05, 3.63) is 89.0 Å². The van der Waals surface area contributed by atoms with Gasteiger partial charge in [0.15, 0.2) is 0 Å². The lowest BCUT2D eigenvalue weighted by Crippen LogP contribution is -2.54. The van der Waals surface area contributed by atoms with Crippen LogP contribution in [0.4, 0.5) is 10.5 Å². The maximum absolute atomic E-state index is 13.2. The molecule has 1 atom stereocenters. The Labute approximate surface area is 312 Å². The number of unbranched alkanes of at least 4 members (excludes halogenated alkanes) is 2. The molecule has 0 bridgehead atoms. The predicted molar refractivity (Wildman–Crippen MR) is 196 cm³/mol. The van der Waals surface area contributed by atoms with Crippen molar-refractivity contribution in [3.63, 3.8) is 0 Å². The molecule has 54 heavy (non-hydrogen) atoms. The van der Waals surface area contributed by atoms with Crippen LogP contribution in [0.15, 0.2) is 66.7 Å². The van der Waals surface area contributed by atoms with Crippen LogP contribution in [-0.4, -0.2) is 99.4 Å². The van der Waals surface area contributed by atoms with Gasteiger partial charge < -0.3 is 29.6 Å². The summed E-state index contributed by atoms with van der Waals surface area (Å²) in [5, 5.41) is 7.62. The van der Waals surface area contributed by atoms with Crippen molar-refractivity contribution in [1.82, 2.24) is 15.5 Å². The second kappa shape index (κ2) is 18.5. The smallest absolute Gasteiger partial charge is 0.407 e. The number of carbonyl (C=O) groups is 6. The largest absolute Gasteiger partial charge is 0.449 e. The summed E-state index contributed by atoms with van der Waals surface area (Å²) in [6.45, 7) is 3.03. The van der Waals surface area contributed by atoms with E-state index >= 15 is 0 Å². The maximum atomic E-state index is 13.2. The molecule has 1 fully saturated rings. The van der Waals surface area contributed by atoms with Gasteiger partial charge in [0.2, 0.25) is 17.7 Å². The first-order chi connectivity index (χ1) is 26.3. The number of fused-ring (bicyclic) bond motifs is 4. The normalized spacial score (nSPS) is 16.1. The van der Waals surface area contributed by atoms with Gasteiger partial charge in [-0.2, -0.15) is 0 Å². The average Bonchev–Trinajstić information content (AvgIpc) is 3.62. The van der Waals surface area contributed by atoms with Crippen molar-refractivity contribution in [2.75, 3.05) is 58.1 Å². The Bertz CT molecular complexity index is 1840. The number of rotatable bonds is 19. The highest BCUT2D eigenvalue weighted by molar-refractivity contribution is 6.26. The van der Waals surface area contributed by atoms with Gasteiger partial charge >= 0.3 is 6.09 Å². The van der Waals surface area contributed by atoms with Crippen LogP contribution in [0.3, 0.4) is 0 Å². The van der Waals surface area contributed by atoms with Gasteiger partial charge in [0, 0.05) is 31.9 Å². The maximum Gasteiger partial charge on any atom is 0.407 e. The van der Waals surface area contributed by atoms with Gasteiger partial charge in [0.25, 0.3) is 11.8 Å². The molecule has 3 N–H and O–H groups in total. The predicted octanol–water partition coefficient (Wildman–Crippen LogP) is 4.18.